The number of nitrogens with one attached hydrogen (secondary N) is 2. The van der Waals surface area contributed by atoms with E-state index in [1.54, 1.807) is 0 Å². The fraction of sp³-hybridized carbons (Fsp3) is 0.344. The van der Waals surface area contributed by atoms with Gasteiger partial charge in [-0.1, -0.05) is 69.3 Å². The van der Waals surface area contributed by atoms with Gasteiger partial charge >= 0.3 is 0 Å². The highest BCUT2D eigenvalue weighted by molar-refractivity contribution is 7.80. The van der Waals surface area contributed by atoms with Crippen LogP contribution in [0.25, 0.3) is 33.5 Å². The summed E-state index contributed by atoms with van der Waals surface area (Å²) in [6.07, 6.45) is 2.68. The second kappa shape index (κ2) is 12.7. The van der Waals surface area contributed by atoms with Gasteiger partial charge in [-0.3, -0.25) is 4.79 Å². The number of carbonyl (C=O) groups excluding carboxylic acids is 1. The van der Waals surface area contributed by atoms with Crippen LogP contribution in [0.1, 0.15) is 50.6 Å². The van der Waals surface area contributed by atoms with Crippen molar-refractivity contribution in [2.75, 3.05) is 11.1 Å². The first-order valence-electron chi connectivity index (χ1n) is 14.2. The molecule has 3 aromatic carbocycles. The fourth-order valence-corrected chi connectivity index (χ4v) is 5.67. The van der Waals surface area contributed by atoms with Crippen LogP contribution in [0.3, 0.4) is 0 Å². The molecule has 41 heavy (non-hydrogen) atoms. The molecule has 2 N–H and O–H groups in total. The first-order chi connectivity index (χ1) is 19.9. The number of tetrazole rings is 1. The summed E-state index contributed by atoms with van der Waals surface area (Å²) < 4.78 is 2.29. The SMILES string of the molecule is CCCc1nc2c(C)cc(NC(=O)[C@@H](CS)CC(C)C)cc2n1Cc1ccc(-c2ccccc2-c2nn[nH]n2)cc1. The minimum Gasteiger partial charge on any atom is -0.326 e. The van der Waals surface area contributed by atoms with E-state index in [4.69, 9.17) is 4.98 Å². The maximum Gasteiger partial charge on any atom is 0.228 e. The molecule has 9 heteroatoms. The van der Waals surface area contributed by atoms with E-state index in [9.17, 15) is 4.79 Å². The molecule has 1 atom stereocenters. The third-order valence-electron chi connectivity index (χ3n) is 7.33. The number of amides is 1. The van der Waals surface area contributed by atoms with Crippen LogP contribution >= 0.6 is 12.6 Å². The zero-order chi connectivity index (χ0) is 28.9. The van der Waals surface area contributed by atoms with Gasteiger partial charge in [-0.15, -0.1) is 10.2 Å². The summed E-state index contributed by atoms with van der Waals surface area (Å²) >= 11 is 4.44. The van der Waals surface area contributed by atoms with E-state index in [0.717, 1.165) is 64.1 Å². The molecule has 0 spiro atoms. The average Bonchev–Trinajstić information content (AvgIpc) is 3.62. The van der Waals surface area contributed by atoms with Gasteiger partial charge in [0.25, 0.3) is 0 Å². The number of anilines is 1. The molecule has 0 fully saturated rings. The van der Waals surface area contributed by atoms with Crippen LogP contribution < -0.4 is 5.32 Å². The van der Waals surface area contributed by atoms with Gasteiger partial charge < -0.3 is 9.88 Å². The van der Waals surface area contributed by atoms with Gasteiger partial charge in [0, 0.05) is 35.9 Å². The van der Waals surface area contributed by atoms with Crippen LogP contribution in [0.15, 0.2) is 60.7 Å². The van der Waals surface area contributed by atoms with Crippen LogP contribution in [-0.2, 0) is 17.8 Å². The normalized spacial score (nSPS) is 12.2. The third-order valence-corrected chi connectivity index (χ3v) is 7.77. The quantitative estimate of drug-likeness (QED) is 0.154. The van der Waals surface area contributed by atoms with E-state index in [-0.39, 0.29) is 11.8 Å². The molecule has 0 saturated carbocycles. The Balaban J connectivity index is 1.45. The molecular weight excluding hydrogens is 530 g/mol. The van der Waals surface area contributed by atoms with E-state index in [2.05, 4.69) is 107 Å². The highest BCUT2D eigenvalue weighted by atomic mass is 32.1. The van der Waals surface area contributed by atoms with Crippen molar-refractivity contribution in [3.05, 3.63) is 77.6 Å². The molecule has 5 aromatic rings. The lowest BCUT2D eigenvalue weighted by molar-refractivity contribution is -0.119. The minimum absolute atomic E-state index is 0.0176. The van der Waals surface area contributed by atoms with Crippen LogP contribution in [0.2, 0.25) is 0 Å². The summed E-state index contributed by atoms with van der Waals surface area (Å²) in [5.74, 6) is 2.47. The van der Waals surface area contributed by atoms with Gasteiger partial charge in [-0.05, 0) is 65.3 Å². The zero-order valence-electron chi connectivity index (χ0n) is 24.1. The summed E-state index contributed by atoms with van der Waals surface area (Å²) in [4.78, 5) is 18.1. The summed E-state index contributed by atoms with van der Waals surface area (Å²) in [7, 11) is 0. The van der Waals surface area contributed by atoms with Gasteiger partial charge in [0.15, 0.2) is 0 Å². The summed E-state index contributed by atoms with van der Waals surface area (Å²) in [6.45, 7) is 9.18. The molecule has 0 saturated heterocycles. The average molecular weight is 568 g/mol. The molecule has 1 amide bonds. The van der Waals surface area contributed by atoms with E-state index >= 15 is 0 Å². The van der Waals surface area contributed by atoms with Crippen LogP contribution in [0.5, 0.6) is 0 Å². The topological polar surface area (TPSA) is 101 Å². The number of carbonyl (C=O) groups is 1. The van der Waals surface area contributed by atoms with Crippen molar-refractivity contribution < 1.29 is 4.79 Å². The first kappa shape index (κ1) is 28.5. The van der Waals surface area contributed by atoms with Crippen molar-refractivity contribution in [1.82, 2.24) is 30.2 Å². The van der Waals surface area contributed by atoms with Gasteiger partial charge in [-0.25, -0.2) is 4.98 Å². The zero-order valence-corrected chi connectivity index (χ0v) is 24.9. The first-order valence-corrected chi connectivity index (χ1v) is 14.8. The molecule has 0 bridgehead atoms. The Bertz CT molecular complexity index is 1620. The molecule has 0 aliphatic carbocycles. The summed E-state index contributed by atoms with van der Waals surface area (Å²) in [6, 6.07) is 20.7. The van der Waals surface area contributed by atoms with E-state index in [0.29, 0.717) is 24.0 Å². The van der Waals surface area contributed by atoms with Crippen molar-refractivity contribution in [2.24, 2.45) is 11.8 Å². The second-order valence-corrected chi connectivity index (χ2v) is 11.4. The Morgan fingerprint density at radius 3 is 2.49 bits per heavy atom. The molecule has 8 nitrogen and oxygen atoms in total. The van der Waals surface area contributed by atoms with Crippen molar-refractivity contribution in [2.45, 2.75) is 53.5 Å². The molecule has 2 heterocycles. The number of aromatic nitrogens is 6. The summed E-state index contributed by atoms with van der Waals surface area (Å²) in [5, 5.41) is 17.8. The van der Waals surface area contributed by atoms with E-state index in [1.165, 1.54) is 5.56 Å². The van der Waals surface area contributed by atoms with Crippen LogP contribution in [-0.4, -0.2) is 41.8 Å². The number of hydrogen-bond donors (Lipinski definition) is 3. The maximum absolute atomic E-state index is 13.1. The number of benzene rings is 3. The molecule has 0 radical (unpaired) electrons. The number of aryl methyl sites for hydroxylation is 2. The lowest BCUT2D eigenvalue weighted by atomic mass is 9.98. The van der Waals surface area contributed by atoms with Gasteiger partial charge in [-0.2, -0.15) is 17.8 Å². The molecule has 2 aromatic heterocycles. The fourth-order valence-electron chi connectivity index (χ4n) is 5.36. The number of fused-ring (bicyclic) bond motifs is 1. The molecule has 0 aliphatic heterocycles. The van der Waals surface area contributed by atoms with Crippen LogP contribution in [0, 0.1) is 18.8 Å². The standard InChI is InChI=1S/C32H37N7OS/c1-5-8-29-34-30-21(4)16-25(33-32(40)24(19-41)15-20(2)3)17-28(30)39(29)18-22-11-13-23(14-12-22)26-9-6-7-10-27(26)31-35-37-38-36-31/h6-7,9-14,16-17,20,24,41H,5,8,15,18-19H2,1-4H3,(H,33,40)(H,35,36,37,38)/t24-/m1/s1. The lowest BCUT2D eigenvalue weighted by Crippen LogP contribution is -2.25. The number of aromatic amines is 1. The number of nitrogens with zero attached hydrogens (tertiary/aromatic N) is 5. The van der Waals surface area contributed by atoms with Crippen molar-refractivity contribution in [3.8, 4) is 22.5 Å². The predicted octanol–water partition coefficient (Wildman–Crippen LogP) is 6.72. The van der Waals surface area contributed by atoms with Crippen molar-refractivity contribution >= 4 is 35.3 Å². The molecule has 5 rings (SSSR count). The van der Waals surface area contributed by atoms with Crippen LogP contribution in [0.4, 0.5) is 5.69 Å². The monoisotopic (exact) mass is 567 g/mol. The van der Waals surface area contributed by atoms with E-state index in [1.807, 2.05) is 24.3 Å². The Morgan fingerprint density at radius 2 is 1.83 bits per heavy atom. The smallest absolute Gasteiger partial charge is 0.228 e. The Morgan fingerprint density at radius 1 is 1.07 bits per heavy atom. The maximum atomic E-state index is 13.1. The predicted molar refractivity (Wildman–Crippen MR) is 168 cm³/mol. The number of rotatable bonds is 11. The minimum atomic E-state index is -0.126. The molecule has 0 unspecified atom stereocenters. The van der Waals surface area contributed by atoms with Gasteiger partial charge in [0.05, 0.1) is 11.0 Å². The largest absolute Gasteiger partial charge is 0.326 e. The molecule has 212 valence electrons. The molecule has 0 aliphatic rings. The Labute approximate surface area is 246 Å². The summed E-state index contributed by atoms with van der Waals surface area (Å²) in [5.41, 5.74) is 8.08. The van der Waals surface area contributed by atoms with Crippen molar-refractivity contribution in [3.63, 3.8) is 0 Å². The number of thiol groups is 1. The number of hydrogen-bond acceptors (Lipinski definition) is 6. The number of H-pyrrole nitrogens is 1. The third kappa shape index (κ3) is 6.35. The van der Waals surface area contributed by atoms with Gasteiger partial charge in [0.1, 0.15) is 5.82 Å². The van der Waals surface area contributed by atoms with E-state index < -0.39 is 0 Å². The Kier molecular flexibility index (Phi) is 8.83. The molecular formula is C32H37N7OS. The van der Waals surface area contributed by atoms with Gasteiger partial charge in [0.2, 0.25) is 11.7 Å². The Hall–Kier alpha value is -3.98. The second-order valence-electron chi connectivity index (χ2n) is 11.0. The lowest BCUT2D eigenvalue weighted by Gasteiger charge is -2.17. The van der Waals surface area contributed by atoms with Crippen molar-refractivity contribution in [1.29, 1.82) is 0 Å². The highest BCUT2D eigenvalue weighted by Crippen LogP contribution is 2.31. The highest BCUT2D eigenvalue weighted by Gasteiger charge is 2.20. The number of imidazole rings is 1.